The first-order valence-electron chi connectivity index (χ1n) is 7.80. The summed E-state index contributed by atoms with van der Waals surface area (Å²) >= 11 is 0. The van der Waals surface area contributed by atoms with Crippen molar-refractivity contribution in [3.05, 3.63) is 35.4 Å². The highest BCUT2D eigenvalue weighted by molar-refractivity contribution is 5.32. The van der Waals surface area contributed by atoms with Crippen molar-refractivity contribution in [2.75, 3.05) is 26.7 Å². The van der Waals surface area contributed by atoms with E-state index in [-0.39, 0.29) is 0 Å². The minimum Gasteiger partial charge on any atom is -0.387 e. The Hall–Kier alpha value is -1.41. The van der Waals surface area contributed by atoms with Crippen LogP contribution in [-0.2, 0) is 0 Å². The summed E-state index contributed by atoms with van der Waals surface area (Å²) in [4.78, 5) is 4.91. The van der Waals surface area contributed by atoms with Crippen LogP contribution in [0.5, 0.6) is 0 Å². The standard InChI is InChI=1S/C17H23N3O/c1-19-15-6-7-16(19)11-20(9-8-15)12-17(21)14-4-2-13(10-18)3-5-14/h2-5,15-17,21H,6-9,11-12H2,1H3. The van der Waals surface area contributed by atoms with Gasteiger partial charge in [-0.2, -0.15) is 5.26 Å². The molecule has 21 heavy (non-hydrogen) atoms. The highest BCUT2D eigenvalue weighted by Crippen LogP contribution is 2.29. The highest BCUT2D eigenvalue weighted by Gasteiger charge is 2.34. The van der Waals surface area contributed by atoms with Gasteiger partial charge >= 0.3 is 0 Å². The molecule has 3 unspecified atom stereocenters. The zero-order chi connectivity index (χ0) is 14.8. The van der Waals surface area contributed by atoms with E-state index in [9.17, 15) is 5.11 Å². The summed E-state index contributed by atoms with van der Waals surface area (Å²) in [5, 5.41) is 19.2. The van der Waals surface area contributed by atoms with Crippen molar-refractivity contribution >= 4 is 0 Å². The van der Waals surface area contributed by atoms with E-state index in [1.54, 1.807) is 12.1 Å². The first-order valence-corrected chi connectivity index (χ1v) is 7.80. The number of β-amino-alcohol motifs (C(OH)–C–C–N with tert-alkyl or cyclic N) is 1. The van der Waals surface area contributed by atoms with E-state index in [2.05, 4.69) is 22.9 Å². The van der Waals surface area contributed by atoms with Crippen LogP contribution in [0.1, 0.15) is 36.5 Å². The molecular weight excluding hydrogens is 262 g/mol. The molecular formula is C17H23N3O. The summed E-state index contributed by atoms with van der Waals surface area (Å²) in [5.41, 5.74) is 1.54. The number of hydrogen-bond acceptors (Lipinski definition) is 4. The van der Waals surface area contributed by atoms with E-state index in [0.717, 1.165) is 24.7 Å². The number of hydrogen-bond donors (Lipinski definition) is 1. The normalized spacial score (nSPS) is 28.0. The van der Waals surface area contributed by atoms with Gasteiger partial charge in [0.1, 0.15) is 0 Å². The van der Waals surface area contributed by atoms with Crippen LogP contribution >= 0.6 is 0 Å². The molecule has 2 bridgehead atoms. The average molecular weight is 285 g/mol. The largest absolute Gasteiger partial charge is 0.387 e. The predicted molar refractivity (Wildman–Crippen MR) is 81.7 cm³/mol. The van der Waals surface area contributed by atoms with Crippen LogP contribution in [0.3, 0.4) is 0 Å². The van der Waals surface area contributed by atoms with Gasteiger partial charge in [-0.1, -0.05) is 12.1 Å². The Bertz CT molecular complexity index is 522. The third-order valence-electron chi connectivity index (χ3n) is 5.09. The maximum absolute atomic E-state index is 10.4. The summed E-state index contributed by atoms with van der Waals surface area (Å²) in [6.07, 6.45) is 3.34. The Morgan fingerprint density at radius 2 is 1.95 bits per heavy atom. The molecule has 0 amide bonds. The molecule has 0 spiro atoms. The molecule has 1 aromatic carbocycles. The van der Waals surface area contributed by atoms with E-state index in [1.165, 1.54) is 19.3 Å². The average Bonchev–Trinajstić information content (AvgIpc) is 2.75. The van der Waals surface area contributed by atoms with E-state index in [4.69, 9.17) is 5.26 Å². The number of nitriles is 1. The molecule has 2 aliphatic heterocycles. The summed E-state index contributed by atoms with van der Waals surface area (Å²) in [6.45, 7) is 2.81. The van der Waals surface area contributed by atoms with Gasteiger partial charge in [-0.15, -0.1) is 0 Å². The Morgan fingerprint density at radius 3 is 2.67 bits per heavy atom. The molecule has 1 aromatic rings. The van der Waals surface area contributed by atoms with Gasteiger partial charge in [0.05, 0.1) is 17.7 Å². The molecule has 112 valence electrons. The lowest BCUT2D eigenvalue weighted by molar-refractivity contribution is 0.107. The number of likely N-dealkylation sites (tertiary alicyclic amines) is 1. The molecule has 4 heteroatoms. The molecule has 0 aromatic heterocycles. The second kappa shape index (κ2) is 6.15. The SMILES string of the molecule is CN1C2CCC1CN(CC(O)c1ccc(C#N)cc1)CC2. The fourth-order valence-corrected chi connectivity index (χ4v) is 3.67. The van der Waals surface area contributed by atoms with Crippen molar-refractivity contribution in [2.24, 2.45) is 0 Å². The van der Waals surface area contributed by atoms with Crippen LogP contribution in [0, 0.1) is 11.3 Å². The fourth-order valence-electron chi connectivity index (χ4n) is 3.67. The second-order valence-electron chi connectivity index (χ2n) is 6.35. The van der Waals surface area contributed by atoms with Gasteiger partial charge in [0.2, 0.25) is 0 Å². The van der Waals surface area contributed by atoms with Crippen LogP contribution in [0.2, 0.25) is 0 Å². The van der Waals surface area contributed by atoms with Gasteiger partial charge in [0.15, 0.2) is 0 Å². The van der Waals surface area contributed by atoms with Crippen LogP contribution in [0.25, 0.3) is 0 Å². The molecule has 2 heterocycles. The summed E-state index contributed by atoms with van der Waals surface area (Å²) in [5.74, 6) is 0. The minimum atomic E-state index is -0.473. The molecule has 1 N–H and O–H groups in total. The number of aliphatic hydroxyl groups excluding tert-OH is 1. The van der Waals surface area contributed by atoms with Crippen LogP contribution in [0.15, 0.2) is 24.3 Å². The fraction of sp³-hybridized carbons (Fsp3) is 0.588. The summed E-state index contributed by atoms with van der Waals surface area (Å²) in [7, 11) is 2.24. The Balaban J connectivity index is 1.62. The quantitative estimate of drug-likeness (QED) is 0.919. The number of fused-ring (bicyclic) bond motifs is 2. The Labute approximate surface area is 126 Å². The van der Waals surface area contributed by atoms with Crippen LogP contribution in [-0.4, -0.2) is 53.7 Å². The molecule has 2 saturated heterocycles. The van der Waals surface area contributed by atoms with Gasteiger partial charge in [0, 0.05) is 25.2 Å². The topological polar surface area (TPSA) is 50.5 Å². The highest BCUT2D eigenvalue weighted by atomic mass is 16.3. The van der Waals surface area contributed by atoms with Crippen molar-refractivity contribution in [3.63, 3.8) is 0 Å². The first-order chi connectivity index (χ1) is 10.2. The summed E-state index contributed by atoms with van der Waals surface area (Å²) in [6, 6.07) is 10.8. The second-order valence-corrected chi connectivity index (χ2v) is 6.35. The van der Waals surface area contributed by atoms with Gasteiger partial charge in [-0.3, -0.25) is 9.80 Å². The van der Waals surface area contributed by atoms with Gasteiger partial charge in [-0.25, -0.2) is 0 Å². The molecule has 2 aliphatic rings. The molecule has 3 atom stereocenters. The maximum Gasteiger partial charge on any atom is 0.0991 e. The summed E-state index contributed by atoms with van der Waals surface area (Å²) < 4.78 is 0. The van der Waals surface area contributed by atoms with Gasteiger partial charge in [0.25, 0.3) is 0 Å². The lowest BCUT2D eigenvalue weighted by Gasteiger charge is -2.27. The maximum atomic E-state index is 10.4. The monoisotopic (exact) mass is 285 g/mol. The smallest absolute Gasteiger partial charge is 0.0991 e. The lowest BCUT2D eigenvalue weighted by atomic mass is 10.0. The number of nitrogens with zero attached hydrogens (tertiary/aromatic N) is 3. The van der Waals surface area contributed by atoms with Crippen molar-refractivity contribution in [3.8, 4) is 6.07 Å². The number of likely N-dealkylation sites (N-methyl/N-ethyl adjacent to an activating group) is 1. The number of benzene rings is 1. The van der Waals surface area contributed by atoms with E-state index in [1.807, 2.05) is 12.1 Å². The zero-order valence-corrected chi connectivity index (χ0v) is 12.6. The third-order valence-corrected chi connectivity index (χ3v) is 5.09. The van der Waals surface area contributed by atoms with Crippen molar-refractivity contribution in [1.29, 1.82) is 5.26 Å². The Morgan fingerprint density at radius 1 is 1.24 bits per heavy atom. The van der Waals surface area contributed by atoms with E-state index in [0.29, 0.717) is 18.2 Å². The van der Waals surface area contributed by atoms with Gasteiger partial charge in [-0.05, 0) is 50.6 Å². The van der Waals surface area contributed by atoms with E-state index >= 15 is 0 Å². The molecule has 4 nitrogen and oxygen atoms in total. The molecule has 0 saturated carbocycles. The van der Waals surface area contributed by atoms with Crippen molar-refractivity contribution in [1.82, 2.24) is 9.80 Å². The van der Waals surface area contributed by atoms with E-state index < -0.39 is 6.10 Å². The van der Waals surface area contributed by atoms with Gasteiger partial charge < -0.3 is 5.11 Å². The lowest BCUT2D eigenvalue weighted by Crippen LogP contribution is -2.38. The zero-order valence-electron chi connectivity index (χ0n) is 12.6. The predicted octanol–water partition coefficient (Wildman–Crippen LogP) is 1.76. The number of rotatable bonds is 3. The van der Waals surface area contributed by atoms with Crippen molar-refractivity contribution in [2.45, 2.75) is 37.5 Å². The molecule has 2 fully saturated rings. The van der Waals surface area contributed by atoms with Crippen LogP contribution in [0.4, 0.5) is 0 Å². The Kier molecular flexibility index (Phi) is 4.25. The third kappa shape index (κ3) is 3.11. The first kappa shape index (κ1) is 14.5. The minimum absolute atomic E-state index is 0.473. The van der Waals surface area contributed by atoms with Crippen molar-refractivity contribution < 1.29 is 5.11 Å². The molecule has 0 radical (unpaired) electrons. The van der Waals surface area contributed by atoms with Crippen LogP contribution < -0.4 is 0 Å². The molecule has 0 aliphatic carbocycles. The molecule has 3 rings (SSSR count). The number of aliphatic hydroxyl groups is 1.